The molecule has 3 aliphatic heterocycles. The van der Waals surface area contributed by atoms with Gasteiger partial charge in [0.1, 0.15) is 12.2 Å². The van der Waals surface area contributed by atoms with Gasteiger partial charge in [-0.2, -0.15) is 0 Å². The normalized spacial score (nSPS) is 21.2. The smallest absolute Gasteiger partial charge is 0.229 e. The average Bonchev–Trinajstić information content (AvgIpc) is 3.11. The maximum Gasteiger partial charge on any atom is 0.229 e. The van der Waals surface area contributed by atoms with Gasteiger partial charge in [-0.3, -0.25) is 9.69 Å². The number of nitrogens with zero attached hydrogens (tertiary/aromatic N) is 6. The van der Waals surface area contributed by atoms with Crippen LogP contribution in [0, 0.1) is 5.92 Å². The van der Waals surface area contributed by atoms with E-state index in [1.807, 2.05) is 12.1 Å². The topological polar surface area (TPSA) is 79.2 Å². The Bertz CT molecular complexity index is 1200. The summed E-state index contributed by atoms with van der Waals surface area (Å²) in [6.45, 7) is 5.91. The standard InChI is InChI=1S/C28H37N7O/c36-28(31-23-12-10-21(11-13-23)18-33-14-4-2-5-15-33)22-8-7-16-34(19-22)26-25-27(30-20-29-26)35-17-6-1-3-9-24(35)32-25/h10-13,20,22H,1-9,14-19H2,(H,31,36)/t22-/m1/s1. The van der Waals surface area contributed by atoms with Gasteiger partial charge in [-0.15, -0.1) is 0 Å². The lowest BCUT2D eigenvalue weighted by molar-refractivity contribution is -0.120. The van der Waals surface area contributed by atoms with Crippen molar-refractivity contribution in [3.63, 3.8) is 0 Å². The van der Waals surface area contributed by atoms with Crippen LogP contribution in [-0.4, -0.2) is 56.5 Å². The maximum absolute atomic E-state index is 13.2. The van der Waals surface area contributed by atoms with Crippen molar-refractivity contribution in [1.82, 2.24) is 24.4 Å². The van der Waals surface area contributed by atoms with Crippen LogP contribution in [0.2, 0.25) is 0 Å². The average molecular weight is 488 g/mol. The number of amides is 1. The molecule has 8 heteroatoms. The molecule has 3 aliphatic rings. The van der Waals surface area contributed by atoms with E-state index in [4.69, 9.17) is 4.98 Å². The van der Waals surface area contributed by atoms with Crippen LogP contribution in [0.1, 0.15) is 62.8 Å². The van der Waals surface area contributed by atoms with Crippen molar-refractivity contribution in [1.29, 1.82) is 0 Å². The number of carbonyl (C=O) groups is 1. The van der Waals surface area contributed by atoms with Crippen molar-refractivity contribution in [3.8, 4) is 0 Å². The maximum atomic E-state index is 13.2. The van der Waals surface area contributed by atoms with Crippen molar-refractivity contribution in [2.24, 2.45) is 5.92 Å². The fourth-order valence-electron chi connectivity index (χ4n) is 6.05. The van der Waals surface area contributed by atoms with Crippen molar-refractivity contribution < 1.29 is 4.79 Å². The third-order valence-corrected chi connectivity index (χ3v) is 8.04. The number of nitrogens with one attached hydrogen (secondary N) is 1. The lowest BCUT2D eigenvalue weighted by Crippen LogP contribution is -2.41. The van der Waals surface area contributed by atoms with Crippen LogP contribution in [0.5, 0.6) is 0 Å². The Morgan fingerprint density at radius 2 is 1.72 bits per heavy atom. The van der Waals surface area contributed by atoms with Crippen LogP contribution in [0.15, 0.2) is 30.6 Å². The Hall–Kier alpha value is -3.00. The summed E-state index contributed by atoms with van der Waals surface area (Å²) in [5, 5.41) is 3.17. The molecule has 190 valence electrons. The molecule has 1 amide bonds. The lowest BCUT2D eigenvalue weighted by atomic mass is 9.97. The number of anilines is 2. The SMILES string of the molecule is O=C(Nc1ccc(CN2CCCCC2)cc1)[C@@H]1CCCN(c2ncnc3c2nc2n3CCCCC2)C1. The Morgan fingerprint density at radius 3 is 2.58 bits per heavy atom. The molecule has 6 rings (SSSR count). The second-order valence-electron chi connectivity index (χ2n) is 10.7. The molecule has 8 nitrogen and oxygen atoms in total. The number of fused-ring (bicyclic) bond motifs is 3. The quantitative estimate of drug-likeness (QED) is 0.575. The van der Waals surface area contributed by atoms with Gasteiger partial charge in [-0.05, 0) is 69.3 Å². The van der Waals surface area contributed by atoms with Crippen LogP contribution >= 0.6 is 0 Å². The van der Waals surface area contributed by atoms with E-state index < -0.39 is 0 Å². The summed E-state index contributed by atoms with van der Waals surface area (Å²) in [5.74, 6) is 2.02. The second-order valence-corrected chi connectivity index (χ2v) is 10.7. The fraction of sp³-hybridized carbons (Fsp3) is 0.571. The van der Waals surface area contributed by atoms with Crippen LogP contribution in [0.25, 0.3) is 11.2 Å². The summed E-state index contributed by atoms with van der Waals surface area (Å²) in [7, 11) is 0. The monoisotopic (exact) mass is 487 g/mol. The highest BCUT2D eigenvalue weighted by Gasteiger charge is 2.29. The molecule has 0 unspecified atom stereocenters. The number of hydrogen-bond acceptors (Lipinski definition) is 6. The van der Waals surface area contributed by atoms with Crippen LogP contribution in [-0.2, 0) is 24.3 Å². The highest BCUT2D eigenvalue weighted by atomic mass is 16.1. The van der Waals surface area contributed by atoms with Crippen LogP contribution in [0.3, 0.4) is 0 Å². The molecule has 1 atom stereocenters. The van der Waals surface area contributed by atoms with Crippen molar-refractivity contribution in [3.05, 3.63) is 42.0 Å². The number of benzene rings is 1. The molecule has 0 radical (unpaired) electrons. The summed E-state index contributed by atoms with van der Waals surface area (Å²) >= 11 is 0. The Balaban J connectivity index is 1.12. The van der Waals surface area contributed by atoms with Gasteiger partial charge in [0.05, 0.1) is 5.92 Å². The first-order valence-corrected chi connectivity index (χ1v) is 13.8. The molecule has 1 N–H and O–H groups in total. The molecule has 0 bridgehead atoms. The number of rotatable bonds is 5. The largest absolute Gasteiger partial charge is 0.354 e. The molecule has 0 aliphatic carbocycles. The molecule has 5 heterocycles. The highest BCUT2D eigenvalue weighted by Crippen LogP contribution is 2.30. The minimum Gasteiger partial charge on any atom is -0.354 e. The molecule has 0 saturated carbocycles. The molecule has 2 fully saturated rings. The molecule has 3 aromatic rings. The minimum atomic E-state index is -0.0720. The minimum absolute atomic E-state index is 0.0720. The summed E-state index contributed by atoms with van der Waals surface area (Å²) in [6.07, 6.45) is 12.1. The van der Waals surface area contributed by atoms with E-state index in [1.54, 1.807) is 6.33 Å². The number of hydrogen-bond donors (Lipinski definition) is 1. The number of aryl methyl sites for hydroxylation is 2. The third kappa shape index (κ3) is 4.96. The van der Waals surface area contributed by atoms with E-state index in [1.165, 1.54) is 57.2 Å². The van der Waals surface area contributed by atoms with Gasteiger partial charge >= 0.3 is 0 Å². The zero-order valence-corrected chi connectivity index (χ0v) is 21.2. The lowest BCUT2D eigenvalue weighted by Gasteiger charge is -2.32. The van der Waals surface area contributed by atoms with Crippen molar-refractivity contribution in [2.75, 3.05) is 36.4 Å². The van der Waals surface area contributed by atoms with Crippen molar-refractivity contribution in [2.45, 2.75) is 70.9 Å². The van der Waals surface area contributed by atoms with E-state index in [-0.39, 0.29) is 11.8 Å². The Kier molecular flexibility index (Phi) is 6.86. The molecular weight excluding hydrogens is 450 g/mol. The fourth-order valence-corrected chi connectivity index (χ4v) is 6.05. The zero-order valence-electron chi connectivity index (χ0n) is 21.2. The first kappa shape index (κ1) is 23.4. The van der Waals surface area contributed by atoms with E-state index in [0.717, 1.165) is 67.4 Å². The second kappa shape index (κ2) is 10.5. The van der Waals surface area contributed by atoms with E-state index in [9.17, 15) is 4.79 Å². The molecule has 36 heavy (non-hydrogen) atoms. The molecule has 1 aromatic carbocycles. The zero-order chi connectivity index (χ0) is 24.3. The van der Waals surface area contributed by atoms with E-state index >= 15 is 0 Å². The summed E-state index contributed by atoms with van der Waals surface area (Å²) in [6, 6.07) is 8.39. The predicted octanol–water partition coefficient (Wildman–Crippen LogP) is 4.39. The van der Waals surface area contributed by atoms with E-state index in [2.05, 4.69) is 41.8 Å². The number of likely N-dealkylation sites (tertiary alicyclic amines) is 1. The van der Waals surface area contributed by atoms with Gasteiger partial charge in [0, 0.05) is 38.3 Å². The summed E-state index contributed by atoms with van der Waals surface area (Å²) in [4.78, 5) is 32.2. The molecule has 0 spiro atoms. The van der Waals surface area contributed by atoms with Gasteiger partial charge in [0.15, 0.2) is 17.0 Å². The number of carbonyl (C=O) groups excluding carboxylic acids is 1. The van der Waals surface area contributed by atoms with Gasteiger partial charge < -0.3 is 14.8 Å². The number of imidazole rings is 1. The summed E-state index contributed by atoms with van der Waals surface area (Å²) < 4.78 is 2.27. The Labute approximate surface area is 213 Å². The predicted molar refractivity (Wildman–Crippen MR) is 142 cm³/mol. The van der Waals surface area contributed by atoms with E-state index in [0.29, 0.717) is 6.54 Å². The summed E-state index contributed by atoms with van der Waals surface area (Å²) in [5.41, 5.74) is 4.01. The van der Waals surface area contributed by atoms with Crippen LogP contribution in [0.4, 0.5) is 11.5 Å². The third-order valence-electron chi connectivity index (χ3n) is 8.04. The first-order chi connectivity index (χ1) is 17.7. The van der Waals surface area contributed by atoms with Gasteiger partial charge in [0.2, 0.25) is 5.91 Å². The molecular formula is C28H37N7O. The molecule has 2 aromatic heterocycles. The van der Waals surface area contributed by atoms with Gasteiger partial charge in [-0.1, -0.05) is 25.0 Å². The van der Waals surface area contributed by atoms with Crippen molar-refractivity contribution >= 4 is 28.6 Å². The first-order valence-electron chi connectivity index (χ1n) is 13.8. The highest BCUT2D eigenvalue weighted by molar-refractivity contribution is 5.93. The van der Waals surface area contributed by atoms with Gasteiger partial charge in [0.25, 0.3) is 0 Å². The number of aromatic nitrogens is 4. The Morgan fingerprint density at radius 1 is 0.917 bits per heavy atom. The van der Waals surface area contributed by atoms with Gasteiger partial charge in [-0.25, -0.2) is 15.0 Å². The van der Waals surface area contributed by atoms with Crippen LogP contribution < -0.4 is 10.2 Å². The molecule has 2 saturated heterocycles. The number of piperidine rings is 2.